The van der Waals surface area contributed by atoms with E-state index in [-0.39, 0.29) is 17.9 Å². The molecule has 0 saturated heterocycles. The molecule has 2 aliphatic carbocycles. The van der Waals surface area contributed by atoms with Gasteiger partial charge in [-0.15, -0.1) is 0 Å². The number of nitrogens with one attached hydrogen (secondary N) is 1. The van der Waals surface area contributed by atoms with Crippen molar-refractivity contribution in [2.24, 2.45) is 11.8 Å². The lowest BCUT2D eigenvalue weighted by molar-refractivity contribution is 0.188. The molecule has 0 heterocycles. The van der Waals surface area contributed by atoms with Crippen LogP contribution in [0.15, 0.2) is 24.3 Å². The van der Waals surface area contributed by atoms with Crippen molar-refractivity contribution >= 4 is 6.03 Å². The monoisotopic (exact) mass is 318 g/mol. The second kappa shape index (κ2) is 7.33. The Bertz CT molecular complexity index is 521. The van der Waals surface area contributed by atoms with Crippen molar-refractivity contribution in [3.05, 3.63) is 35.6 Å². The maximum Gasteiger partial charge on any atom is 0.317 e. The van der Waals surface area contributed by atoms with Gasteiger partial charge in [-0.25, -0.2) is 9.18 Å². The first-order chi connectivity index (χ1) is 11.2. The predicted molar refractivity (Wildman–Crippen MR) is 89.6 cm³/mol. The molecule has 1 N–H and O–H groups in total. The summed E-state index contributed by atoms with van der Waals surface area (Å²) < 4.78 is 13.2. The fourth-order valence-corrected chi connectivity index (χ4v) is 3.63. The van der Waals surface area contributed by atoms with Crippen molar-refractivity contribution in [2.75, 3.05) is 13.1 Å². The van der Waals surface area contributed by atoms with Gasteiger partial charge < -0.3 is 10.2 Å². The Morgan fingerprint density at radius 2 is 1.87 bits per heavy atom. The zero-order valence-electron chi connectivity index (χ0n) is 13.9. The topological polar surface area (TPSA) is 32.3 Å². The zero-order chi connectivity index (χ0) is 16.2. The molecule has 4 heteroatoms. The molecule has 2 fully saturated rings. The maximum atomic E-state index is 13.2. The highest BCUT2D eigenvalue weighted by Crippen LogP contribution is 2.36. The van der Waals surface area contributed by atoms with Crippen molar-refractivity contribution < 1.29 is 9.18 Å². The van der Waals surface area contributed by atoms with Crippen molar-refractivity contribution in [2.45, 2.75) is 51.5 Å². The molecular weight excluding hydrogens is 291 g/mol. The molecule has 2 amide bonds. The van der Waals surface area contributed by atoms with Crippen LogP contribution in [0, 0.1) is 17.7 Å². The van der Waals surface area contributed by atoms with Crippen LogP contribution in [0.4, 0.5) is 9.18 Å². The number of nitrogens with zero attached hydrogens (tertiary/aromatic N) is 1. The first-order valence-electron chi connectivity index (χ1n) is 8.98. The van der Waals surface area contributed by atoms with Gasteiger partial charge in [0, 0.05) is 13.1 Å². The second-order valence-electron chi connectivity index (χ2n) is 7.01. The van der Waals surface area contributed by atoms with Gasteiger partial charge >= 0.3 is 6.03 Å². The first-order valence-corrected chi connectivity index (χ1v) is 8.98. The lowest BCUT2D eigenvalue weighted by Gasteiger charge is -2.29. The average molecular weight is 318 g/mol. The van der Waals surface area contributed by atoms with Gasteiger partial charge in [-0.3, -0.25) is 0 Å². The van der Waals surface area contributed by atoms with Crippen molar-refractivity contribution in [3.63, 3.8) is 0 Å². The molecule has 126 valence electrons. The number of rotatable bonds is 6. The number of urea groups is 1. The zero-order valence-corrected chi connectivity index (χ0v) is 13.9. The minimum absolute atomic E-state index is 0.00106. The van der Waals surface area contributed by atoms with Crippen LogP contribution in [0.2, 0.25) is 0 Å². The number of hydrogen-bond donors (Lipinski definition) is 1. The predicted octanol–water partition coefficient (Wildman–Crippen LogP) is 4.50. The van der Waals surface area contributed by atoms with Crippen LogP contribution in [0.25, 0.3) is 0 Å². The summed E-state index contributed by atoms with van der Waals surface area (Å²) in [5.74, 6) is 0.926. The number of carbonyl (C=O) groups is 1. The Kier molecular flexibility index (Phi) is 5.19. The Morgan fingerprint density at radius 1 is 1.22 bits per heavy atom. The molecular formula is C19H27FN2O. The smallest absolute Gasteiger partial charge is 0.317 e. The number of carbonyl (C=O) groups excluding carboxylic acids is 1. The van der Waals surface area contributed by atoms with E-state index in [2.05, 4.69) is 5.32 Å². The van der Waals surface area contributed by atoms with E-state index in [1.54, 1.807) is 0 Å². The molecule has 2 saturated carbocycles. The quantitative estimate of drug-likeness (QED) is 0.823. The maximum absolute atomic E-state index is 13.2. The third-order valence-corrected chi connectivity index (χ3v) is 5.22. The van der Waals surface area contributed by atoms with Gasteiger partial charge in [-0.1, -0.05) is 25.0 Å². The molecule has 23 heavy (non-hydrogen) atoms. The molecule has 1 atom stereocenters. The number of amides is 2. The number of hydrogen-bond acceptors (Lipinski definition) is 1. The number of halogens is 1. The Balaban J connectivity index is 1.71. The summed E-state index contributed by atoms with van der Waals surface area (Å²) >= 11 is 0. The molecule has 3 rings (SSSR count). The van der Waals surface area contributed by atoms with Gasteiger partial charge in [0.05, 0.1) is 6.04 Å². The molecule has 1 aromatic carbocycles. The van der Waals surface area contributed by atoms with Crippen molar-refractivity contribution in [1.29, 1.82) is 0 Å². The summed E-state index contributed by atoms with van der Waals surface area (Å²) in [5, 5.41) is 3.24. The molecule has 0 aromatic heterocycles. The van der Waals surface area contributed by atoms with Crippen LogP contribution in [0.5, 0.6) is 0 Å². The van der Waals surface area contributed by atoms with Crippen LogP contribution < -0.4 is 5.32 Å². The number of benzene rings is 1. The van der Waals surface area contributed by atoms with E-state index in [0.717, 1.165) is 31.5 Å². The standard InChI is InChI=1S/C19H27FN2O/c1-2-22(13-14-7-8-14)19(23)21-18(15-5-3-4-6-15)16-9-11-17(20)12-10-16/h9-12,14-15,18H,2-8,13H2,1H3,(H,21,23). The van der Waals surface area contributed by atoms with Crippen LogP contribution in [-0.4, -0.2) is 24.0 Å². The highest BCUT2D eigenvalue weighted by molar-refractivity contribution is 5.74. The molecule has 1 aromatic rings. The van der Waals surface area contributed by atoms with Gasteiger partial charge in [-0.2, -0.15) is 0 Å². The van der Waals surface area contributed by atoms with E-state index in [1.807, 2.05) is 24.0 Å². The molecule has 1 unspecified atom stereocenters. The third kappa shape index (κ3) is 4.24. The van der Waals surface area contributed by atoms with E-state index in [4.69, 9.17) is 0 Å². The summed E-state index contributed by atoms with van der Waals surface area (Å²) in [6.45, 7) is 3.64. The van der Waals surface area contributed by atoms with E-state index in [9.17, 15) is 9.18 Å². The summed E-state index contributed by atoms with van der Waals surface area (Å²) in [6.07, 6.45) is 7.20. The van der Waals surface area contributed by atoms with Gasteiger partial charge in [0.1, 0.15) is 5.82 Å². The van der Waals surface area contributed by atoms with E-state index in [1.165, 1.54) is 37.8 Å². The van der Waals surface area contributed by atoms with Gasteiger partial charge in [0.15, 0.2) is 0 Å². The summed E-state index contributed by atoms with van der Waals surface area (Å²) in [5.41, 5.74) is 1.02. The van der Waals surface area contributed by atoms with Gasteiger partial charge in [0.2, 0.25) is 0 Å². The van der Waals surface area contributed by atoms with Crippen LogP contribution >= 0.6 is 0 Å². The highest BCUT2D eigenvalue weighted by Gasteiger charge is 2.31. The Labute approximate surface area is 138 Å². The average Bonchev–Trinajstić information content (AvgIpc) is 3.22. The third-order valence-electron chi connectivity index (χ3n) is 5.22. The Morgan fingerprint density at radius 3 is 2.43 bits per heavy atom. The first kappa shape index (κ1) is 16.3. The Hall–Kier alpha value is -1.58. The summed E-state index contributed by atoms with van der Waals surface area (Å²) in [7, 11) is 0. The lowest BCUT2D eigenvalue weighted by atomic mass is 9.91. The molecule has 0 radical (unpaired) electrons. The molecule has 2 aliphatic rings. The van der Waals surface area contributed by atoms with Crippen LogP contribution in [-0.2, 0) is 0 Å². The van der Waals surface area contributed by atoms with Crippen LogP contribution in [0.1, 0.15) is 57.1 Å². The molecule has 0 bridgehead atoms. The minimum atomic E-state index is -0.228. The molecule has 3 nitrogen and oxygen atoms in total. The fourth-order valence-electron chi connectivity index (χ4n) is 3.63. The van der Waals surface area contributed by atoms with Crippen LogP contribution in [0.3, 0.4) is 0 Å². The summed E-state index contributed by atoms with van der Waals surface area (Å²) in [6, 6.07) is 6.64. The van der Waals surface area contributed by atoms with E-state index < -0.39 is 0 Å². The van der Waals surface area contributed by atoms with Crippen molar-refractivity contribution in [3.8, 4) is 0 Å². The lowest BCUT2D eigenvalue weighted by Crippen LogP contribution is -2.44. The van der Waals surface area contributed by atoms with Gasteiger partial charge in [-0.05, 0) is 62.1 Å². The highest BCUT2D eigenvalue weighted by atomic mass is 19.1. The normalized spacial score (nSPS) is 19.6. The fraction of sp³-hybridized carbons (Fsp3) is 0.632. The second-order valence-corrected chi connectivity index (χ2v) is 7.01. The largest absolute Gasteiger partial charge is 0.331 e. The van der Waals surface area contributed by atoms with E-state index in [0.29, 0.717) is 11.8 Å². The molecule has 0 aliphatic heterocycles. The van der Waals surface area contributed by atoms with Gasteiger partial charge in [0.25, 0.3) is 0 Å². The summed E-state index contributed by atoms with van der Waals surface area (Å²) in [4.78, 5) is 14.6. The SMILES string of the molecule is CCN(CC1CC1)C(=O)NC(c1ccc(F)cc1)C1CCCC1. The molecule has 0 spiro atoms. The van der Waals surface area contributed by atoms with E-state index >= 15 is 0 Å². The van der Waals surface area contributed by atoms with Crippen molar-refractivity contribution in [1.82, 2.24) is 10.2 Å². The minimum Gasteiger partial charge on any atom is -0.331 e.